The molecule has 0 radical (unpaired) electrons. The van der Waals surface area contributed by atoms with E-state index in [1.54, 1.807) is 6.20 Å². The number of nitrogens with zero attached hydrogens (tertiary/aromatic N) is 4. The Morgan fingerprint density at radius 3 is 2.43 bits per heavy atom. The Hall–Kier alpha value is -3.86. The van der Waals surface area contributed by atoms with E-state index in [-0.39, 0.29) is 5.41 Å². The van der Waals surface area contributed by atoms with E-state index in [0.717, 1.165) is 27.9 Å². The van der Waals surface area contributed by atoms with Crippen molar-refractivity contribution in [2.24, 2.45) is 0 Å². The molecule has 0 N–H and O–H groups in total. The lowest BCUT2D eigenvalue weighted by Gasteiger charge is -2.20. The van der Waals surface area contributed by atoms with Gasteiger partial charge in [-0.15, -0.1) is 0 Å². The van der Waals surface area contributed by atoms with Crippen molar-refractivity contribution in [1.29, 1.82) is 0 Å². The Morgan fingerprint density at radius 1 is 0.767 bits per heavy atom. The molecule has 30 heavy (non-hydrogen) atoms. The van der Waals surface area contributed by atoms with Crippen LogP contribution in [0.25, 0.3) is 45.3 Å². The molecule has 0 unspecified atom stereocenters. The smallest absolute Gasteiger partial charge is 0.246 e. The number of hydrogen-bond acceptors (Lipinski definition) is 5. The first-order chi connectivity index (χ1) is 14.6. The van der Waals surface area contributed by atoms with Gasteiger partial charge in [0.1, 0.15) is 11.2 Å². The first-order valence-electron chi connectivity index (χ1n) is 9.91. The van der Waals surface area contributed by atoms with Gasteiger partial charge in [-0.1, -0.05) is 50.2 Å². The largest absolute Gasteiger partial charge is 0.435 e. The fraction of sp³-hybridized carbons (Fsp3) is 0.120. The van der Waals surface area contributed by atoms with Crippen molar-refractivity contribution in [1.82, 2.24) is 19.9 Å². The van der Waals surface area contributed by atoms with Crippen LogP contribution in [0.1, 0.15) is 25.0 Å². The minimum atomic E-state index is -0.0977. The van der Waals surface area contributed by atoms with Gasteiger partial charge in [-0.25, -0.2) is 15.0 Å². The van der Waals surface area contributed by atoms with Gasteiger partial charge >= 0.3 is 0 Å². The maximum atomic E-state index is 5.82. The summed E-state index contributed by atoms with van der Waals surface area (Å²) in [6.07, 6.45) is 3.73. The molecular formula is C25H18N4O. The normalized spacial score (nSPS) is 13.9. The number of para-hydroxylation sites is 2. The molecule has 0 aliphatic heterocycles. The van der Waals surface area contributed by atoms with Crippen molar-refractivity contribution < 1.29 is 4.42 Å². The van der Waals surface area contributed by atoms with Crippen LogP contribution in [0.5, 0.6) is 0 Å². The van der Waals surface area contributed by atoms with Crippen molar-refractivity contribution in [2.75, 3.05) is 0 Å². The van der Waals surface area contributed by atoms with Crippen molar-refractivity contribution in [3.05, 3.63) is 84.2 Å². The fourth-order valence-corrected chi connectivity index (χ4v) is 4.20. The summed E-state index contributed by atoms with van der Waals surface area (Å²) in [6.45, 7) is 4.44. The Bertz CT molecular complexity index is 1380. The molecule has 144 valence electrons. The summed E-state index contributed by atoms with van der Waals surface area (Å²) >= 11 is 0. The zero-order valence-corrected chi connectivity index (χ0v) is 16.6. The number of rotatable bonds is 2. The molecule has 0 fully saturated rings. The standard InChI is InChI=1S/C25H18N4O/c1-25(2)17-8-4-3-7-16(17)22-18(25)14-27-23(29-22)15-11-12-20(26-13-15)24-28-19-9-5-6-10-21(19)30-24/h3-14H,1-2H3. The van der Waals surface area contributed by atoms with Crippen molar-refractivity contribution in [2.45, 2.75) is 19.3 Å². The summed E-state index contributed by atoms with van der Waals surface area (Å²) in [6, 6.07) is 20.0. The number of pyridine rings is 1. The quantitative estimate of drug-likeness (QED) is 0.389. The lowest BCUT2D eigenvalue weighted by molar-refractivity contribution is 0.617. The van der Waals surface area contributed by atoms with Crippen LogP contribution < -0.4 is 0 Å². The second kappa shape index (κ2) is 6.07. The number of hydrogen-bond donors (Lipinski definition) is 0. The molecule has 1 aliphatic rings. The summed E-state index contributed by atoms with van der Waals surface area (Å²) in [5, 5.41) is 0. The van der Waals surface area contributed by atoms with Gasteiger partial charge in [-0.2, -0.15) is 0 Å². The van der Waals surface area contributed by atoms with Gasteiger partial charge in [0.15, 0.2) is 11.4 Å². The summed E-state index contributed by atoms with van der Waals surface area (Å²) in [5.41, 5.74) is 7.64. The fourth-order valence-electron chi connectivity index (χ4n) is 4.20. The first-order valence-corrected chi connectivity index (χ1v) is 9.91. The third-order valence-corrected chi connectivity index (χ3v) is 5.85. The Labute approximate surface area is 173 Å². The molecule has 0 amide bonds. The highest BCUT2D eigenvalue weighted by Gasteiger charge is 2.36. The van der Waals surface area contributed by atoms with Crippen LogP contribution in [0.2, 0.25) is 0 Å². The van der Waals surface area contributed by atoms with E-state index >= 15 is 0 Å². The van der Waals surface area contributed by atoms with Gasteiger partial charge in [0.25, 0.3) is 0 Å². The van der Waals surface area contributed by atoms with Crippen LogP contribution in [-0.4, -0.2) is 19.9 Å². The van der Waals surface area contributed by atoms with Gasteiger partial charge in [0.2, 0.25) is 5.89 Å². The van der Waals surface area contributed by atoms with E-state index in [1.165, 1.54) is 11.1 Å². The second-order valence-corrected chi connectivity index (χ2v) is 8.05. The first kappa shape index (κ1) is 17.0. The zero-order valence-electron chi connectivity index (χ0n) is 16.6. The van der Waals surface area contributed by atoms with Crippen LogP contribution in [0, 0.1) is 0 Å². The molecule has 3 heterocycles. The summed E-state index contributed by atoms with van der Waals surface area (Å²) in [7, 11) is 0. The summed E-state index contributed by atoms with van der Waals surface area (Å²) in [5.74, 6) is 1.17. The van der Waals surface area contributed by atoms with Gasteiger partial charge in [-0.05, 0) is 29.8 Å². The molecule has 5 heteroatoms. The van der Waals surface area contributed by atoms with E-state index in [1.807, 2.05) is 42.6 Å². The molecule has 5 aromatic rings. The van der Waals surface area contributed by atoms with Crippen LogP contribution in [0.3, 0.4) is 0 Å². The summed E-state index contributed by atoms with van der Waals surface area (Å²) < 4.78 is 5.82. The molecule has 6 rings (SSSR count). The second-order valence-electron chi connectivity index (χ2n) is 8.05. The molecule has 0 bridgehead atoms. The highest BCUT2D eigenvalue weighted by molar-refractivity contribution is 5.79. The number of oxazole rings is 1. The van der Waals surface area contributed by atoms with E-state index in [0.29, 0.717) is 17.4 Å². The number of benzene rings is 2. The molecular weight excluding hydrogens is 372 g/mol. The third kappa shape index (κ3) is 2.42. The zero-order chi connectivity index (χ0) is 20.3. The Balaban J connectivity index is 1.40. The lowest BCUT2D eigenvalue weighted by Crippen LogP contribution is -2.15. The maximum Gasteiger partial charge on any atom is 0.246 e. The molecule has 3 aromatic heterocycles. The van der Waals surface area contributed by atoms with E-state index < -0.39 is 0 Å². The molecule has 5 nitrogen and oxygen atoms in total. The maximum absolute atomic E-state index is 5.82. The highest BCUT2D eigenvalue weighted by Crippen LogP contribution is 2.47. The highest BCUT2D eigenvalue weighted by atomic mass is 16.3. The molecule has 0 spiro atoms. The molecule has 0 atom stereocenters. The predicted octanol–water partition coefficient (Wildman–Crippen LogP) is 5.65. The molecule has 2 aromatic carbocycles. The van der Waals surface area contributed by atoms with Gasteiger partial charge in [0.05, 0.1) is 5.69 Å². The van der Waals surface area contributed by atoms with E-state index in [9.17, 15) is 0 Å². The van der Waals surface area contributed by atoms with Gasteiger partial charge in [-0.3, -0.25) is 4.98 Å². The van der Waals surface area contributed by atoms with Gasteiger partial charge < -0.3 is 4.42 Å². The molecule has 0 saturated carbocycles. The number of fused-ring (bicyclic) bond motifs is 4. The topological polar surface area (TPSA) is 64.7 Å². The minimum Gasteiger partial charge on any atom is -0.435 e. The Kier molecular flexibility index (Phi) is 3.45. The monoisotopic (exact) mass is 390 g/mol. The predicted molar refractivity (Wildman–Crippen MR) is 116 cm³/mol. The van der Waals surface area contributed by atoms with E-state index in [4.69, 9.17) is 9.40 Å². The average Bonchev–Trinajstić information content (AvgIpc) is 3.32. The Morgan fingerprint density at radius 2 is 1.60 bits per heavy atom. The van der Waals surface area contributed by atoms with Crippen molar-refractivity contribution >= 4 is 11.1 Å². The SMILES string of the molecule is CC1(C)c2ccccc2-c2nc(-c3ccc(-c4nc5ccccc5o4)nc3)ncc21. The number of aromatic nitrogens is 4. The van der Waals surface area contributed by atoms with Crippen LogP contribution in [0.4, 0.5) is 0 Å². The summed E-state index contributed by atoms with van der Waals surface area (Å²) in [4.78, 5) is 18.6. The van der Waals surface area contributed by atoms with Crippen molar-refractivity contribution in [3.63, 3.8) is 0 Å². The third-order valence-electron chi connectivity index (χ3n) is 5.85. The van der Waals surface area contributed by atoms with Crippen LogP contribution in [0.15, 0.2) is 77.5 Å². The van der Waals surface area contributed by atoms with Gasteiger partial charge in [0, 0.05) is 34.5 Å². The lowest BCUT2D eigenvalue weighted by atomic mass is 9.83. The van der Waals surface area contributed by atoms with Crippen molar-refractivity contribution in [3.8, 4) is 34.2 Å². The van der Waals surface area contributed by atoms with E-state index in [2.05, 4.69) is 53.1 Å². The van der Waals surface area contributed by atoms with Crippen LogP contribution in [-0.2, 0) is 5.41 Å². The average molecular weight is 390 g/mol. The minimum absolute atomic E-state index is 0.0977. The molecule has 1 aliphatic carbocycles. The molecule has 0 saturated heterocycles. The van der Waals surface area contributed by atoms with Crippen LogP contribution >= 0.6 is 0 Å².